The molecule has 0 aromatic rings. The number of hydrogen-bond donors (Lipinski definition) is 1. The molecule has 136 valence electrons. The summed E-state index contributed by atoms with van der Waals surface area (Å²) < 4.78 is 33.7. The quantitative estimate of drug-likeness (QED) is 0.738. The van der Waals surface area contributed by atoms with Gasteiger partial charge in [-0.05, 0) is 33.6 Å². The SMILES string of the molecule is COCCN(CCNC1CCCS(=O)(=O)C1)C(=O)OC(C)(C)C. The number of hydrogen-bond acceptors (Lipinski definition) is 6. The lowest BCUT2D eigenvalue weighted by atomic mass is 10.2. The Kier molecular flexibility index (Phi) is 7.76. The highest BCUT2D eigenvalue weighted by atomic mass is 32.2. The van der Waals surface area contributed by atoms with Crippen molar-refractivity contribution in [1.82, 2.24) is 10.2 Å². The first-order valence-electron chi connectivity index (χ1n) is 8.03. The van der Waals surface area contributed by atoms with Crippen LogP contribution in [0.4, 0.5) is 4.79 Å². The summed E-state index contributed by atoms with van der Waals surface area (Å²) in [6.07, 6.45) is 1.16. The summed E-state index contributed by atoms with van der Waals surface area (Å²) in [6.45, 7) is 7.32. The van der Waals surface area contributed by atoms with E-state index in [0.29, 0.717) is 32.7 Å². The molecule has 0 aliphatic carbocycles. The van der Waals surface area contributed by atoms with Crippen molar-refractivity contribution < 1.29 is 22.7 Å². The fraction of sp³-hybridized carbons (Fsp3) is 0.933. The Bertz CT molecular complexity index is 473. The van der Waals surface area contributed by atoms with Crippen LogP contribution in [-0.4, -0.2) is 75.9 Å². The second kappa shape index (κ2) is 8.84. The maximum absolute atomic E-state index is 12.2. The van der Waals surface area contributed by atoms with Crippen molar-refractivity contribution in [3.8, 4) is 0 Å². The van der Waals surface area contributed by atoms with Gasteiger partial charge in [0.25, 0.3) is 0 Å². The molecular formula is C15H30N2O5S. The zero-order chi connectivity index (χ0) is 17.5. The minimum absolute atomic E-state index is 0.0309. The Morgan fingerprint density at radius 3 is 2.57 bits per heavy atom. The molecule has 1 aliphatic heterocycles. The van der Waals surface area contributed by atoms with Gasteiger partial charge in [0.05, 0.1) is 18.1 Å². The van der Waals surface area contributed by atoms with Gasteiger partial charge in [0, 0.05) is 32.8 Å². The molecule has 1 unspecified atom stereocenters. The normalized spacial score (nSPS) is 21.0. The summed E-state index contributed by atoms with van der Waals surface area (Å²) in [6, 6.07) is -0.0309. The van der Waals surface area contributed by atoms with Crippen LogP contribution in [0.25, 0.3) is 0 Å². The molecule has 1 amide bonds. The summed E-state index contributed by atoms with van der Waals surface area (Å²) >= 11 is 0. The maximum Gasteiger partial charge on any atom is 0.410 e. The van der Waals surface area contributed by atoms with Crippen LogP contribution in [0.3, 0.4) is 0 Å². The fourth-order valence-corrected chi connectivity index (χ4v) is 4.08. The van der Waals surface area contributed by atoms with E-state index in [4.69, 9.17) is 9.47 Å². The van der Waals surface area contributed by atoms with E-state index in [0.717, 1.165) is 6.42 Å². The number of rotatable bonds is 7. The molecule has 0 aromatic heterocycles. The monoisotopic (exact) mass is 350 g/mol. The topological polar surface area (TPSA) is 84.9 Å². The van der Waals surface area contributed by atoms with E-state index >= 15 is 0 Å². The van der Waals surface area contributed by atoms with Gasteiger partial charge in [-0.2, -0.15) is 0 Å². The van der Waals surface area contributed by atoms with Crippen molar-refractivity contribution in [3.63, 3.8) is 0 Å². The van der Waals surface area contributed by atoms with Gasteiger partial charge < -0.3 is 19.7 Å². The number of carbonyl (C=O) groups is 1. The van der Waals surface area contributed by atoms with Gasteiger partial charge in [0.15, 0.2) is 9.84 Å². The predicted octanol–water partition coefficient (Wildman–Crippen LogP) is 1.04. The molecule has 1 fully saturated rings. The molecule has 0 aromatic carbocycles. The van der Waals surface area contributed by atoms with Gasteiger partial charge in [0.1, 0.15) is 5.60 Å². The molecule has 1 rings (SSSR count). The second-order valence-electron chi connectivity index (χ2n) is 6.87. The maximum atomic E-state index is 12.2. The summed E-state index contributed by atoms with van der Waals surface area (Å²) in [7, 11) is -1.34. The smallest absolute Gasteiger partial charge is 0.410 e. The number of nitrogens with one attached hydrogen (secondary N) is 1. The van der Waals surface area contributed by atoms with Crippen LogP contribution in [0.1, 0.15) is 33.6 Å². The highest BCUT2D eigenvalue weighted by Crippen LogP contribution is 2.12. The number of amides is 1. The summed E-state index contributed by atoms with van der Waals surface area (Å²) in [5.74, 6) is 0.459. The molecule has 0 spiro atoms. The van der Waals surface area contributed by atoms with Gasteiger partial charge in [0.2, 0.25) is 0 Å². The van der Waals surface area contributed by atoms with Gasteiger partial charge in [-0.15, -0.1) is 0 Å². The van der Waals surface area contributed by atoms with Crippen LogP contribution in [0.5, 0.6) is 0 Å². The molecule has 1 atom stereocenters. The van der Waals surface area contributed by atoms with E-state index in [9.17, 15) is 13.2 Å². The van der Waals surface area contributed by atoms with Crippen molar-refractivity contribution >= 4 is 15.9 Å². The largest absolute Gasteiger partial charge is 0.444 e. The number of nitrogens with zero attached hydrogens (tertiary/aromatic N) is 1. The first kappa shape index (κ1) is 20.2. The van der Waals surface area contributed by atoms with Gasteiger partial charge in [-0.25, -0.2) is 13.2 Å². The van der Waals surface area contributed by atoms with Crippen molar-refractivity contribution in [2.24, 2.45) is 0 Å². The van der Waals surface area contributed by atoms with Crippen LogP contribution < -0.4 is 5.32 Å². The number of carbonyl (C=O) groups excluding carboxylic acids is 1. The molecule has 1 aliphatic rings. The molecule has 1 saturated heterocycles. The molecule has 0 bridgehead atoms. The number of sulfone groups is 1. The van der Waals surface area contributed by atoms with Crippen LogP contribution in [0.15, 0.2) is 0 Å². The van der Waals surface area contributed by atoms with Crippen LogP contribution in [-0.2, 0) is 19.3 Å². The summed E-state index contributed by atoms with van der Waals surface area (Å²) in [4.78, 5) is 13.8. The summed E-state index contributed by atoms with van der Waals surface area (Å²) in [5, 5.41) is 3.23. The first-order valence-corrected chi connectivity index (χ1v) is 9.86. The molecule has 0 saturated carbocycles. The van der Waals surface area contributed by atoms with Crippen LogP contribution in [0.2, 0.25) is 0 Å². The Hall–Kier alpha value is -0.860. The van der Waals surface area contributed by atoms with Crippen LogP contribution >= 0.6 is 0 Å². The lowest BCUT2D eigenvalue weighted by Crippen LogP contribution is -2.46. The van der Waals surface area contributed by atoms with Crippen molar-refractivity contribution in [2.45, 2.75) is 45.3 Å². The Morgan fingerprint density at radius 1 is 1.30 bits per heavy atom. The van der Waals surface area contributed by atoms with Crippen LogP contribution in [0, 0.1) is 0 Å². The fourth-order valence-electron chi connectivity index (χ4n) is 2.41. The van der Waals surface area contributed by atoms with Crippen molar-refractivity contribution in [1.29, 1.82) is 0 Å². The van der Waals surface area contributed by atoms with E-state index in [-0.39, 0.29) is 23.6 Å². The third kappa shape index (κ3) is 8.53. The minimum atomic E-state index is -2.92. The highest BCUT2D eigenvalue weighted by molar-refractivity contribution is 7.91. The average molecular weight is 350 g/mol. The molecule has 23 heavy (non-hydrogen) atoms. The molecule has 8 heteroatoms. The van der Waals surface area contributed by atoms with E-state index in [1.54, 1.807) is 12.0 Å². The Morgan fingerprint density at radius 2 is 2.00 bits per heavy atom. The van der Waals surface area contributed by atoms with Crippen molar-refractivity contribution in [2.75, 3.05) is 44.9 Å². The van der Waals surface area contributed by atoms with Gasteiger partial charge in [-0.3, -0.25) is 0 Å². The number of ether oxygens (including phenoxy) is 2. The zero-order valence-corrected chi connectivity index (χ0v) is 15.4. The number of methoxy groups -OCH3 is 1. The van der Waals surface area contributed by atoms with E-state index in [1.807, 2.05) is 20.8 Å². The van der Waals surface area contributed by atoms with Gasteiger partial charge >= 0.3 is 6.09 Å². The zero-order valence-electron chi connectivity index (χ0n) is 14.6. The molecular weight excluding hydrogens is 320 g/mol. The van der Waals surface area contributed by atoms with Crippen molar-refractivity contribution in [3.05, 3.63) is 0 Å². The Labute approximate surface area is 139 Å². The van der Waals surface area contributed by atoms with E-state index in [1.165, 1.54) is 0 Å². The second-order valence-corrected chi connectivity index (χ2v) is 9.10. The minimum Gasteiger partial charge on any atom is -0.444 e. The Balaban J connectivity index is 2.45. The third-order valence-corrected chi connectivity index (χ3v) is 5.32. The lowest BCUT2D eigenvalue weighted by Gasteiger charge is -2.28. The predicted molar refractivity (Wildman–Crippen MR) is 89.4 cm³/mol. The molecule has 7 nitrogen and oxygen atoms in total. The van der Waals surface area contributed by atoms with E-state index < -0.39 is 15.4 Å². The lowest BCUT2D eigenvalue weighted by molar-refractivity contribution is 0.0203. The van der Waals surface area contributed by atoms with E-state index in [2.05, 4.69) is 5.32 Å². The molecule has 1 heterocycles. The first-order chi connectivity index (χ1) is 10.6. The highest BCUT2D eigenvalue weighted by Gasteiger charge is 2.25. The third-order valence-electron chi connectivity index (χ3n) is 3.49. The molecule has 1 N–H and O–H groups in total. The average Bonchev–Trinajstić information content (AvgIpc) is 2.39. The molecule has 0 radical (unpaired) electrons. The summed E-state index contributed by atoms with van der Waals surface area (Å²) in [5.41, 5.74) is -0.548. The standard InChI is InChI=1S/C15H30N2O5S/c1-15(2,3)22-14(18)17(9-10-21-4)8-7-16-13-6-5-11-23(19,20)12-13/h13,16H,5-12H2,1-4H3. The van der Waals surface area contributed by atoms with Gasteiger partial charge in [-0.1, -0.05) is 0 Å².